The SMILES string of the molecule is CC.CC.CC.CC.CC.CC.CC(C)C.CCC.CCC.CCc1ccc(-c2ccc(CC)cc2)cc1.CCc1ccc(CC)cc1.c1ccc(OCC2CO2)cc1.c1ccc(OCC2CO2)cc1.c1ccc(OCC2CO2)cc1.c1ccc(OCC2CO2)cc1.c1ccc(OCC2CO2)cc1.c1ccc(OCC2CO2)cc1. The largest absolute Gasteiger partial charge is 0.491 e. The van der Waals surface area contributed by atoms with Crippen LogP contribution in [0, 0.1) is 5.92 Å². The molecule has 0 bridgehead atoms. The van der Waals surface area contributed by atoms with Gasteiger partial charge in [-0.25, -0.2) is 0 Å². The van der Waals surface area contributed by atoms with Gasteiger partial charge in [-0.15, -0.1) is 0 Å². The van der Waals surface area contributed by atoms with E-state index < -0.39 is 0 Å². The Morgan fingerprint density at radius 1 is 0.219 bits per heavy atom. The molecule has 6 unspecified atom stereocenters. The lowest BCUT2D eigenvalue weighted by Crippen LogP contribution is -2.03. The highest BCUT2D eigenvalue weighted by atomic mass is 16.6. The number of rotatable bonds is 23. The van der Waals surface area contributed by atoms with Crippen molar-refractivity contribution in [2.24, 2.45) is 5.92 Å². The molecular formula is C102H154O12. The van der Waals surface area contributed by atoms with Gasteiger partial charge < -0.3 is 56.8 Å². The summed E-state index contributed by atoms with van der Waals surface area (Å²) in [6.07, 6.45) is 9.05. The first-order valence-corrected chi connectivity index (χ1v) is 43.0. The lowest BCUT2D eigenvalue weighted by Gasteiger charge is -2.04. The summed E-state index contributed by atoms with van der Waals surface area (Å²) in [5.41, 5.74) is 8.26. The normalized spacial score (nSPS) is 15.6. The van der Waals surface area contributed by atoms with Gasteiger partial charge in [0.2, 0.25) is 0 Å². The summed E-state index contributed by atoms with van der Waals surface area (Å²) < 4.78 is 62.5. The zero-order chi connectivity index (χ0) is 84.9. The Hall–Kier alpha value is -8.46. The smallest absolute Gasteiger partial charge is 0.119 e. The molecule has 9 aromatic carbocycles. The highest BCUT2D eigenvalue weighted by molar-refractivity contribution is 5.64. The van der Waals surface area contributed by atoms with Gasteiger partial charge >= 0.3 is 0 Å². The van der Waals surface area contributed by atoms with E-state index in [1.54, 1.807) is 0 Å². The molecule has 12 heteroatoms. The summed E-state index contributed by atoms with van der Waals surface area (Å²) in [4.78, 5) is 0. The average molecular weight is 1570 g/mol. The summed E-state index contributed by atoms with van der Waals surface area (Å²) in [6.45, 7) is 57.0. The molecule has 15 rings (SSSR count). The van der Waals surface area contributed by atoms with E-state index in [0.717, 1.165) is 106 Å². The molecule has 0 aliphatic carbocycles. The van der Waals surface area contributed by atoms with E-state index in [1.165, 1.54) is 46.2 Å². The van der Waals surface area contributed by atoms with Crippen LogP contribution in [0.15, 0.2) is 255 Å². The molecule has 9 aromatic rings. The molecule has 0 amide bonds. The summed E-state index contributed by atoms with van der Waals surface area (Å²) in [7, 11) is 0. The minimum atomic E-state index is 0.343. The number of epoxide rings is 6. The Balaban J connectivity index is 0. The van der Waals surface area contributed by atoms with E-state index in [4.69, 9.17) is 56.8 Å². The minimum absolute atomic E-state index is 0.343. The fraction of sp³-hybridized carbons (Fsp3) is 0.471. The van der Waals surface area contributed by atoms with Crippen LogP contribution in [0.4, 0.5) is 0 Å². The number of aryl methyl sites for hydroxylation is 4. The van der Waals surface area contributed by atoms with Crippen molar-refractivity contribution < 1.29 is 56.8 Å². The predicted molar refractivity (Wildman–Crippen MR) is 486 cm³/mol. The Kier molecular flexibility index (Phi) is 72.8. The summed E-state index contributed by atoms with van der Waals surface area (Å²) >= 11 is 0. The quantitative estimate of drug-likeness (QED) is 0.0565. The molecule has 0 aromatic heterocycles. The third-order valence-corrected chi connectivity index (χ3v) is 14.4. The summed E-state index contributed by atoms with van der Waals surface area (Å²) in [6, 6.07) is 85.2. The fourth-order valence-electron chi connectivity index (χ4n) is 8.10. The molecule has 6 heterocycles. The van der Waals surface area contributed by atoms with E-state index in [9.17, 15) is 0 Å². The summed E-state index contributed by atoms with van der Waals surface area (Å²) in [5.74, 6) is 6.35. The molecule has 114 heavy (non-hydrogen) atoms. The first kappa shape index (κ1) is 108. The number of ether oxygens (including phenoxy) is 12. The van der Waals surface area contributed by atoms with Gasteiger partial charge in [-0.1, -0.05) is 354 Å². The monoisotopic (exact) mass is 1570 g/mol. The number of hydrogen-bond donors (Lipinski definition) is 0. The minimum Gasteiger partial charge on any atom is -0.491 e. The maximum Gasteiger partial charge on any atom is 0.119 e. The van der Waals surface area contributed by atoms with Crippen molar-refractivity contribution in [1.82, 2.24) is 0 Å². The van der Waals surface area contributed by atoms with Gasteiger partial charge in [0.05, 0.1) is 39.6 Å². The van der Waals surface area contributed by atoms with Gasteiger partial charge in [0, 0.05) is 0 Å². The van der Waals surface area contributed by atoms with Crippen LogP contribution < -0.4 is 28.4 Å². The molecule has 6 fully saturated rings. The Morgan fingerprint density at radius 2 is 0.333 bits per heavy atom. The Morgan fingerprint density at radius 3 is 0.439 bits per heavy atom. The Labute approximate surface area is 695 Å². The third kappa shape index (κ3) is 64.9. The molecule has 6 atom stereocenters. The van der Waals surface area contributed by atoms with Crippen molar-refractivity contribution in [1.29, 1.82) is 0 Å². The zero-order valence-corrected chi connectivity index (χ0v) is 74.9. The van der Waals surface area contributed by atoms with Crippen molar-refractivity contribution in [2.75, 3.05) is 79.3 Å². The molecule has 0 saturated carbocycles. The van der Waals surface area contributed by atoms with E-state index in [1.807, 2.05) is 265 Å². The zero-order valence-electron chi connectivity index (χ0n) is 74.9. The average Bonchev–Trinajstić information content (AvgIpc) is 1.58. The highest BCUT2D eigenvalue weighted by Gasteiger charge is 2.26. The van der Waals surface area contributed by atoms with E-state index in [0.29, 0.717) is 76.3 Å². The van der Waals surface area contributed by atoms with E-state index >= 15 is 0 Å². The number of hydrogen-bond acceptors (Lipinski definition) is 12. The predicted octanol–water partition coefficient (Wildman–Crippen LogP) is 26.7. The third-order valence-electron chi connectivity index (χ3n) is 14.4. The van der Waals surface area contributed by atoms with Crippen LogP contribution in [0.1, 0.15) is 194 Å². The topological polar surface area (TPSA) is 131 Å². The molecule has 6 aliphatic rings. The molecule has 0 spiro atoms. The van der Waals surface area contributed by atoms with Crippen LogP contribution in [0.2, 0.25) is 0 Å². The number of benzene rings is 9. The van der Waals surface area contributed by atoms with E-state index in [2.05, 4.69) is 149 Å². The number of para-hydroxylation sites is 6. The molecule has 12 nitrogen and oxygen atoms in total. The van der Waals surface area contributed by atoms with Crippen LogP contribution in [0.25, 0.3) is 11.1 Å². The van der Waals surface area contributed by atoms with Gasteiger partial charge in [0.1, 0.15) is 111 Å². The van der Waals surface area contributed by atoms with Crippen LogP contribution in [0.5, 0.6) is 34.5 Å². The van der Waals surface area contributed by atoms with Gasteiger partial charge in [-0.05, 0) is 138 Å². The lowest BCUT2D eigenvalue weighted by molar-refractivity contribution is 0.263. The van der Waals surface area contributed by atoms with Crippen molar-refractivity contribution in [3.05, 3.63) is 277 Å². The standard InChI is InChI=1S/C16H18.C10H14.6C9H10O2.C4H10.2C3H8.6C2H6/c1-3-13-5-9-15(10-6-13)16-11-7-14(4-2)8-12-16;1-3-9-5-7-10(4-2)8-6-9;6*1-2-4-8(5-3-1)10-6-9-7-11-9;1-4(2)3;2*1-3-2;6*1-2/h5-12H,3-4H2,1-2H3;5-8H,3-4H2,1-2H3;6*1-5,9H,6-7H2;4H,1-3H3;2*3H2,1-2H3;6*1-2H3. The van der Waals surface area contributed by atoms with Crippen LogP contribution in [-0.2, 0) is 54.1 Å². The Bertz CT molecular complexity index is 2870. The molecule has 0 N–H and O–H groups in total. The van der Waals surface area contributed by atoms with Crippen molar-refractivity contribution in [3.8, 4) is 45.6 Å². The first-order valence-electron chi connectivity index (χ1n) is 43.0. The summed E-state index contributed by atoms with van der Waals surface area (Å²) in [5, 5.41) is 0. The van der Waals surface area contributed by atoms with Gasteiger partial charge in [0.15, 0.2) is 0 Å². The fourth-order valence-corrected chi connectivity index (χ4v) is 8.10. The van der Waals surface area contributed by atoms with Crippen LogP contribution >= 0.6 is 0 Å². The second kappa shape index (κ2) is 77.1. The lowest BCUT2D eigenvalue weighted by atomic mass is 10.0. The van der Waals surface area contributed by atoms with Crippen molar-refractivity contribution in [3.63, 3.8) is 0 Å². The van der Waals surface area contributed by atoms with Crippen LogP contribution in [0.3, 0.4) is 0 Å². The maximum atomic E-state index is 5.40. The molecular weight excluding hydrogens is 1420 g/mol. The second-order valence-corrected chi connectivity index (χ2v) is 25.2. The highest BCUT2D eigenvalue weighted by Crippen LogP contribution is 2.23. The van der Waals surface area contributed by atoms with Crippen molar-refractivity contribution >= 4 is 0 Å². The van der Waals surface area contributed by atoms with Crippen LogP contribution in [-0.4, -0.2) is 116 Å². The van der Waals surface area contributed by atoms with Crippen molar-refractivity contribution in [2.45, 2.75) is 234 Å². The molecule has 6 saturated heterocycles. The maximum absolute atomic E-state index is 5.40. The first-order chi connectivity index (χ1) is 56.0. The molecule has 6 aliphatic heterocycles. The van der Waals surface area contributed by atoms with Gasteiger partial charge in [-0.3, -0.25) is 0 Å². The van der Waals surface area contributed by atoms with Gasteiger partial charge in [0.25, 0.3) is 0 Å². The molecule has 634 valence electrons. The second-order valence-electron chi connectivity index (χ2n) is 25.2. The van der Waals surface area contributed by atoms with E-state index in [-0.39, 0.29) is 0 Å². The van der Waals surface area contributed by atoms with Gasteiger partial charge in [-0.2, -0.15) is 0 Å². The molecule has 0 radical (unpaired) electrons.